The van der Waals surface area contributed by atoms with Crippen LogP contribution in [0.4, 0.5) is 4.79 Å². The summed E-state index contributed by atoms with van der Waals surface area (Å²) in [6, 6.07) is 8.83. The summed E-state index contributed by atoms with van der Waals surface area (Å²) in [7, 11) is 0. The van der Waals surface area contributed by atoms with Crippen molar-refractivity contribution in [2.45, 2.75) is 51.1 Å². The summed E-state index contributed by atoms with van der Waals surface area (Å²) in [6.07, 6.45) is 3.99. The topological polar surface area (TPSA) is 69.7 Å². The molecule has 6 heteroatoms. The van der Waals surface area contributed by atoms with Gasteiger partial charge in [-0.1, -0.05) is 37.3 Å². The van der Waals surface area contributed by atoms with Gasteiger partial charge >= 0.3 is 6.03 Å². The molecule has 2 fully saturated rings. The zero-order valence-electron chi connectivity index (χ0n) is 14.8. The highest BCUT2D eigenvalue weighted by atomic mass is 16.2. The first-order chi connectivity index (χ1) is 12.0. The molecule has 2 unspecified atom stereocenters. The van der Waals surface area contributed by atoms with Gasteiger partial charge in [0.2, 0.25) is 5.91 Å². The van der Waals surface area contributed by atoms with E-state index in [0.29, 0.717) is 12.1 Å². The van der Waals surface area contributed by atoms with E-state index in [1.54, 1.807) is 19.1 Å². The number of amides is 4. The Morgan fingerprint density at radius 2 is 1.96 bits per heavy atom. The molecule has 2 heterocycles. The van der Waals surface area contributed by atoms with Crippen LogP contribution in [0.25, 0.3) is 0 Å². The van der Waals surface area contributed by atoms with Crippen LogP contribution in [-0.2, 0) is 15.1 Å². The lowest BCUT2D eigenvalue weighted by atomic mass is 9.92. The van der Waals surface area contributed by atoms with Gasteiger partial charge in [-0.3, -0.25) is 14.5 Å². The molecule has 4 amide bonds. The molecule has 3 rings (SSSR count). The Hall–Kier alpha value is -2.37. The number of imide groups is 1. The van der Waals surface area contributed by atoms with Crippen LogP contribution in [0.15, 0.2) is 30.3 Å². The minimum atomic E-state index is -1.12. The van der Waals surface area contributed by atoms with E-state index in [4.69, 9.17) is 0 Å². The van der Waals surface area contributed by atoms with Gasteiger partial charge in [-0.2, -0.15) is 0 Å². The molecule has 0 saturated carbocycles. The highest BCUT2D eigenvalue weighted by molar-refractivity contribution is 6.09. The van der Waals surface area contributed by atoms with Crippen molar-refractivity contribution in [3.8, 4) is 0 Å². The fourth-order valence-electron chi connectivity index (χ4n) is 3.79. The molecule has 0 bridgehead atoms. The second-order valence-corrected chi connectivity index (χ2v) is 6.96. The molecule has 2 aliphatic heterocycles. The smallest absolute Gasteiger partial charge is 0.325 e. The van der Waals surface area contributed by atoms with Gasteiger partial charge in [-0.15, -0.1) is 0 Å². The van der Waals surface area contributed by atoms with E-state index in [0.717, 1.165) is 30.6 Å². The number of carbonyl (C=O) groups is 3. The fraction of sp³-hybridized carbons (Fsp3) is 0.526. The van der Waals surface area contributed by atoms with Gasteiger partial charge in [0, 0.05) is 12.6 Å². The maximum absolute atomic E-state index is 12.9. The van der Waals surface area contributed by atoms with E-state index in [1.165, 1.54) is 0 Å². The molecule has 0 radical (unpaired) electrons. The van der Waals surface area contributed by atoms with Gasteiger partial charge in [-0.25, -0.2) is 4.79 Å². The normalized spacial score (nSPS) is 26.7. The number of likely N-dealkylation sites (tertiary alicyclic amines) is 1. The zero-order valence-corrected chi connectivity index (χ0v) is 14.8. The zero-order chi connectivity index (χ0) is 18.0. The number of benzene rings is 1. The fourth-order valence-corrected chi connectivity index (χ4v) is 3.79. The highest BCUT2D eigenvalue weighted by Gasteiger charge is 2.49. The van der Waals surface area contributed by atoms with Crippen molar-refractivity contribution in [1.82, 2.24) is 15.1 Å². The Labute approximate surface area is 148 Å². The number of nitrogens with one attached hydrogen (secondary N) is 1. The molecule has 2 saturated heterocycles. The first kappa shape index (κ1) is 17.5. The minimum Gasteiger partial charge on any atom is -0.338 e. The van der Waals surface area contributed by atoms with Crippen LogP contribution in [-0.4, -0.2) is 46.8 Å². The summed E-state index contributed by atoms with van der Waals surface area (Å²) in [6.45, 7) is 4.26. The molecule has 6 nitrogen and oxygen atoms in total. The summed E-state index contributed by atoms with van der Waals surface area (Å²) in [4.78, 5) is 40.8. The van der Waals surface area contributed by atoms with Crippen molar-refractivity contribution in [1.29, 1.82) is 0 Å². The first-order valence-corrected chi connectivity index (χ1v) is 8.96. The summed E-state index contributed by atoms with van der Waals surface area (Å²) in [5, 5.41) is 2.75. The average molecular weight is 343 g/mol. The minimum absolute atomic E-state index is 0.146. The maximum Gasteiger partial charge on any atom is 0.325 e. The molecular formula is C19H25N3O3. The van der Waals surface area contributed by atoms with Crippen LogP contribution >= 0.6 is 0 Å². The van der Waals surface area contributed by atoms with Crippen molar-refractivity contribution in [3.05, 3.63) is 35.9 Å². The Morgan fingerprint density at radius 1 is 1.24 bits per heavy atom. The Morgan fingerprint density at radius 3 is 2.64 bits per heavy atom. The number of rotatable bonds is 4. The second-order valence-electron chi connectivity index (χ2n) is 6.96. The van der Waals surface area contributed by atoms with Crippen molar-refractivity contribution in [2.24, 2.45) is 0 Å². The molecular weight excluding hydrogens is 318 g/mol. The monoisotopic (exact) mass is 343 g/mol. The van der Waals surface area contributed by atoms with E-state index >= 15 is 0 Å². The van der Waals surface area contributed by atoms with E-state index in [-0.39, 0.29) is 24.4 Å². The lowest BCUT2D eigenvalue weighted by Crippen LogP contribution is -2.49. The molecule has 0 spiro atoms. The molecule has 2 aliphatic rings. The van der Waals surface area contributed by atoms with Crippen LogP contribution in [0.5, 0.6) is 0 Å². The van der Waals surface area contributed by atoms with Gasteiger partial charge in [0.15, 0.2) is 0 Å². The third-order valence-electron chi connectivity index (χ3n) is 5.34. The maximum atomic E-state index is 12.9. The number of urea groups is 1. The third-order valence-corrected chi connectivity index (χ3v) is 5.34. The largest absolute Gasteiger partial charge is 0.338 e. The number of nitrogens with zero attached hydrogens (tertiary/aromatic N) is 2. The van der Waals surface area contributed by atoms with Gasteiger partial charge < -0.3 is 10.2 Å². The van der Waals surface area contributed by atoms with E-state index in [9.17, 15) is 14.4 Å². The van der Waals surface area contributed by atoms with E-state index in [2.05, 4.69) is 12.2 Å². The predicted molar refractivity (Wildman–Crippen MR) is 93.7 cm³/mol. The second kappa shape index (κ2) is 6.86. The van der Waals surface area contributed by atoms with Crippen molar-refractivity contribution >= 4 is 17.8 Å². The Kier molecular flexibility index (Phi) is 4.79. The number of hydrogen-bond donors (Lipinski definition) is 1. The predicted octanol–water partition coefficient (Wildman–Crippen LogP) is 2.24. The summed E-state index contributed by atoms with van der Waals surface area (Å²) >= 11 is 0. The van der Waals surface area contributed by atoms with Crippen LogP contribution in [0.2, 0.25) is 0 Å². The summed E-state index contributed by atoms with van der Waals surface area (Å²) in [5.74, 6) is -0.519. The van der Waals surface area contributed by atoms with Crippen LogP contribution in [0.1, 0.15) is 45.1 Å². The summed E-state index contributed by atoms with van der Waals surface area (Å²) < 4.78 is 0. The van der Waals surface area contributed by atoms with Gasteiger partial charge in [0.05, 0.1) is 0 Å². The number of hydrogen-bond acceptors (Lipinski definition) is 3. The summed E-state index contributed by atoms with van der Waals surface area (Å²) in [5.41, 5.74) is -0.405. The van der Waals surface area contributed by atoms with E-state index in [1.807, 2.05) is 23.1 Å². The van der Waals surface area contributed by atoms with Gasteiger partial charge in [0.1, 0.15) is 12.1 Å². The van der Waals surface area contributed by atoms with E-state index < -0.39 is 11.6 Å². The van der Waals surface area contributed by atoms with Crippen LogP contribution < -0.4 is 5.32 Å². The molecule has 0 aromatic heterocycles. The van der Waals surface area contributed by atoms with Crippen molar-refractivity contribution in [2.75, 3.05) is 13.1 Å². The van der Waals surface area contributed by atoms with Crippen molar-refractivity contribution < 1.29 is 14.4 Å². The quantitative estimate of drug-likeness (QED) is 0.853. The highest BCUT2D eigenvalue weighted by Crippen LogP contribution is 2.29. The molecule has 0 aliphatic carbocycles. The molecule has 25 heavy (non-hydrogen) atoms. The van der Waals surface area contributed by atoms with Crippen LogP contribution in [0, 0.1) is 0 Å². The molecule has 2 atom stereocenters. The van der Waals surface area contributed by atoms with Gasteiger partial charge in [0.25, 0.3) is 5.91 Å². The number of carbonyl (C=O) groups excluding carboxylic acids is 3. The Balaban J connectivity index is 1.76. The molecule has 1 aromatic carbocycles. The SMILES string of the molecule is CCC1CCCCN1C(=O)CN1C(=O)NC(C)(c2ccccc2)C1=O. The average Bonchev–Trinajstić information content (AvgIpc) is 2.86. The Bertz CT molecular complexity index is 676. The van der Waals surface area contributed by atoms with Crippen LogP contribution in [0.3, 0.4) is 0 Å². The molecule has 1 N–H and O–H groups in total. The molecule has 1 aromatic rings. The standard InChI is InChI=1S/C19H25N3O3/c1-3-15-11-7-8-12-21(15)16(23)13-22-17(24)19(2,20-18(22)25)14-9-5-4-6-10-14/h4-6,9-10,15H,3,7-8,11-13H2,1-2H3,(H,20,25). The lowest BCUT2D eigenvalue weighted by Gasteiger charge is -2.36. The van der Waals surface area contributed by atoms with Crippen molar-refractivity contribution in [3.63, 3.8) is 0 Å². The first-order valence-electron chi connectivity index (χ1n) is 8.96. The van der Waals surface area contributed by atoms with Gasteiger partial charge in [-0.05, 0) is 38.2 Å². The lowest BCUT2D eigenvalue weighted by molar-refractivity contribution is -0.141. The number of piperidine rings is 1. The third kappa shape index (κ3) is 3.13. The molecule has 134 valence electrons.